The molecule has 1 aliphatic rings. The van der Waals surface area contributed by atoms with E-state index >= 15 is 0 Å². The summed E-state index contributed by atoms with van der Waals surface area (Å²) in [5, 5.41) is 11.2. The van der Waals surface area contributed by atoms with Crippen LogP contribution in [0.25, 0.3) is 0 Å². The van der Waals surface area contributed by atoms with E-state index in [0.717, 1.165) is 11.3 Å². The number of methoxy groups -OCH3 is 1. The average molecular weight is 433 g/mol. The van der Waals surface area contributed by atoms with Gasteiger partial charge in [-0.05, 0) is 30.2 Å². The van der Waals surface area contributed by atoms with E-state index < -0.39 is 20.6 Å². The first-order valence-electron chi connectivity index (χ1n) is 9.47. The van der Waals surface area contributed by atoms with Crippen LogP contribution in [0.5, 0.6) is 5.75 Å². The van der Waals surface area contributed by atoms with Gasteiger partial charge >= 0.3 is 0 Å². The number of nitrogens with zero attached hydrogens (tertiary/aromatic N) is 3. The van der Waals surface area contributed by atoms with E-state index in [2.05, 4.69) is 0 Å². The number of carbonyl (C=O) groups is 1. The van der Waals surface area contributed by atoms with Crippen LogP contribution in [-0.2, 0) is 21.2 Å². The van der Waals surface area contributed by atoms with Crippen LogP contribution >= 0.6 is 0 Å². The second-order valence-electron chi connectivity index (χ2n) is 6.86. The molecule has 0 saturated carbocycles. The summed E-state index contributed by atoms with van der Waals surface area (Å²) in [6.07, 6.45) is 0.904. The van der Waals surface area contributed by atoms with Crippen LogP contribution in [0.2, 0.25) is 0 Å². The highest BCUT2D eigenvalue weighted by molar-refractivity contribution is 7.89. The molecule has 1 saturated heterocycles. The molecule has 1 fully saturated rings. The van der Waals surface area contributed by atoms with Crippen LogP contribution < -0.4 is 4.74 Å². The lowest BCUT2D eigenvalue weighted by atomic mass is 10.1. The molecule has 2 aromatic carbocycles. The van der Waals surface area contributed by atoms with Gasteiger partial charge in [-0.3, -0.25) is 14.9 Å². The Labute approximate surface area is 175 Å². The van der Waals surface area contributed by atoms with Crippen molar-refractivity contribution in [1.29, 1.82) is 0 Å². The van der Waals surface area contributed by atoms with E-state index in [4.69, 9.17) is 4.74 Å². The monoisotopic (exact) mass is 433 g/mol. The van der Waals surface area contributed by atoms with E-state index in [-0.39, 0.29) is 37.0 Å². The Kier molecular flexibility index (Phi) is 6.68. The smallest absolute Gasteiger partial charge is 0.289 e. The van der Waals surface area contributed by atoms with Crippen molar-refractivity contribution in [2.24, 2.45) is 0 Å². The van der Waals surface area contributed by atoms with Crippen LogP contribution in [0.3, 0.4) is 0 Å². The highest BCUT2D eigenvalue weighted by Gasteiger charge is 2.34. The van der Waals surface area contributed by atoms with Crippen LogP contribution in [-0.4, -0.2) is 61.7 Å². The van der Waals surface area contributed by atoms with Gasteiger partial charge in [0.25, 0.3) is 5.69 Å². The van der Waals surface area contributed by atoms with Gasteiger partial charge in [-0.25, -0.2) is 8.42 Å². The first kappa shape index (κ1) is 21.7. The summed E-state index contributed by atoms with van der Waals surface area (Å²) >= 11 is 0. The standard InChI is InChI=1S/C20H23N3O6S/c1-29-17-9-6-16(7-10-17)8-11-20(24)21-12-14-22(15-13-21)30(27,28)19-5-3-2-4-18(19)23(25)26/h2-7,9-10H,8,11-15H2,1H3. The van der Waals surface area contributed by atoms with Gasteiger partial charge in [0.1, 0.15) is 5.75 Å². The van der Waals surface area contributed by atoms with Gasteiger partial charge in [0, 0.05) is 38.7 Å². The van der Waals surface area contributed by atoms with Gasteiger partial charge in [0.05, 0.1) is 12.0 Å². The summed E-state index contributed by atoms with van der Waals surface area (Å²) in [6, 6.07) is 12.8. The lowest BCUT2D eigenvalue weighted by molar-refractivity contribution is -0.387. The Balaban J connectivity index is 1.58. The third kappa shape index (κ3) is 4.77. The second-order valence-corrected chi connectivity index (χ2v) is 8.76. The molecule has 3 rings (SSSR count). The molecule has 0 radical (unpaired) electrons. The van der Waals surface area contributed by atoms with Crippen molar-refractivity contribution in [1.82, 2.24) is 9.21 Å². The zero-order valence-electron chi connectivity index (χ0n) is 16.6. The topological polar surface area (TPSA) is 110 Å². The third-order valence-electron chi connectivity index (χ3n) is 5.06. The number of benzene rings is 2. The largest absolute Gasteiger partial charge is 0.497 e. The third-order valence-corrected chi connectivity index (χ3v) is 7.00. The number of amides is 1. The number of nitro benzene ring substituents is 1. The maximum Gasteiger partial charge on any atom is 0.289 e. The molecule has 0 aromatic heterocycles. The Morgan fingerprint density at radius 2 is 1.70 bits per heavy atom. The molecule has 1 heterocycles. The van der Waals surface area contributed by atoms with Gasteiger partial charge in [-0.1, -0.05) is 24.3 Å². The zero-order chi connectivity index (χ0) is 21.7. The summed E-state index contributed by atoms with van der Waals surface area (Å²) in [6.45, 7) is 0.702. The number of hydrogen-bond acceptors (Lipinski definition) is 6. The lowest BCUT2D eigenvalue weighted by Gasteiger charge is -2.34. The molecule has 0 bridgehead atoms. The maximum atomic E-state index is 12.9. The van der Waals surface area contributed by atoms with Gasteiger partial charge in [-0.2, -0.15) is 4.31 Å². The lowest BCUT2D eigenvalue weighted by Crippen LogP contribution is -2.50. The highest BCUT2D eigenvalue weighted by Crippen LogP contribution is 2.27. The van der Waals surface area contributed by atoms with Crippen molar-refractivity contribution in [2.75, 3.05) is 33.3 Å². The number of aryl methyl sites for hydroxylation is 1. The first-order valence-corrected chi connectivity index (χ1v) is 10.9. The molecule has 0 spiro atoms. The number of nitro groups is 1. The Bertz CT molecular complexity index is 1020. The van der Waals surface area contributed by atoms with Crippen molar-refractivity contribution in [3.8, 4) is 5.75 Å². The van der Waals surface area contributed by atoms with E-state index in [1.165, 1.54) is 28.6 Å². The fourth-order valence-electron chi connectivity index (χ4n) is 3.34. The Morgan fingerprint density at radius 1 is 1.07 bits per heavy atom. The second kappa shape index (κ2) is 9.23. The van der Waals surface area contributed by atoms with Crippen molar-refractivity contribution in [2.45, 2.75) is 17.7 Å². The molecule has 10 heteroatoms. The summed E-state index contributed by atoms with van der Waals surface area (Å²) in [4.78, 5) is 24.3. The molecular formula is C20H23N3O6S. The molecule has 160 valence electrons. The summed E-state index contributed by atoms with van der Waals surface area (Å²) in [5.41, 5.74) is 0.567. The van der Waals surface area contributed by atoms with Crippen LogP contribution in [0, 0.1) is 10.1 Å². The fourth-order valence-corrected chi connectivity index (χ4v) is 4.92. The quantitative estimate of drug-likeness (QED) is 0.488. The summed E-state index contributed by atoms with van der Waals surface area (Å²) in [5.74, 6) is 0.703. The normalized spacial score (nSPS) is 15.0. The number of carbonyl (C=O) groups excluding carboxylic acids is 1. The molecule has 1 amide bonds. The van der Waals surface area contributed by atoms with Gasteiger partial charge in [0.15, 0.2) is 4.90 Å². The molecule has 0 aliphatic carbocycles. The molecule has 2 aromatic rings. The van der Waals surface area contributed by atoms with E-state index in [1.54, 1.807) is 12.0 Å². The molecule has 0 unspecified atom stereocenters. The number of hydrogen-bond donors (Lipinski definition) is 0. The predicted octanol–water partition coefficient (Wildman–Crippen LogP) is 2.07. The maximum absolute atomic E-state index is 12.9. The minimum Gasteiger partial charge on any atom is -0.497 e. The molecule has 9 nitrogen and oxygen atoms in total. The number of para-hydroxylation sites is 1. The Morgan fingerprint density at radius 3 is 2.30 bits per heavy atom. The number of sulfonamides is 1. The number of ether oxygens (including phenoxy) is 1. The van der Waals surface area contributed by atoms with Gasteiger partial charge in [-0.15, -0.1) is 0 Å². The SMILES string of the molecule is COc1ccc(CCC(=O)N2CCN(S(=O)(=O)c3ccccc3[N+](=O)[O-])CC2)cc1. The van der Waals surface area contributed by atoms with Crippen molar-refractivity contribution in [3.05, 3.63) is 64.2 Å². The van der Waals surface area contributed by atoms with E-state index in [9.17, 15) is 23.3 Å². The van der Waals surface area contributed by atoms with Crippen molar-refractivity contribution < 1.29 is 22.9 Å². The van der Waals surface area contributed by atoms with Crippen LogP contribution in [0.4, 0.5) is 5.69 Å². The molecule has 0 atom stereocenters. The van der Waals surface area contributed by atoms with Crippen molar-refractivity contribution in [3.63, 3.8) is 0 Å². The highest BCUT2D eigenvalue weighted by atomic mass is 32.2. The van der Waals surface area contributed by atoms with Gasteiger partial charge in [0.2, 0.25) is 15.9 Å². The zero-order valence-corrected chi connectivity index (χ0v) is 17.4. The molecular weight excluding hydrogens is 410 g/mol. The van der Waals surface area contributed by atoms with Crippen LogP contribution in [0.1, 0.15) is 12.0 Å². The number of piperazine rings is 1. The molecule has 1 aliphatic heterocycles. The van der Waals surface area contributed by atoms with E-state index in [0.29, 0.717) is 12.8 Å². The van der Waals surface area contributed by atoms with Crippen molar-refractivity contribution >= 4 is 21.6 Å². The fraction of sp³-hybridized carbons (Fsp3) is 0.350. The minimum atomic E-state index is -4.01. The number of rotatable bonds is 7. The van der Waals surface area contributed by atoms with E-state index in [1.807, 2.05) is 24.3 Å². The predicted molar refractivity (Wildman–Crippen MR) is 110 cm³/mol. The van der Waals surface area contributed by atoms with Crippen LogP contribution in [0.15, 0.2) is 53.4 Å². The molecule has 0 N–H and O–H groups in total. The molecule has 30 heavy (non-hydrogen) atoms. The minimum absolute atomic E-state index is 0.0476. The summed E-state index contributed by atoms with van der Waals surface area (Å²) in [7, 11) is -2.42. The first-order chi connectivity index (χ1) is 14.3. The van der Waals surface area contributed by atoms with Gasteiger partial charge < -0.3 is 9.64 Å². The summed E-state index contributed by atoms with van der Waals surface area (Å²) < 4.78 is 32.0. The Hall–Kier alpha value is -2.98. The average Bonchev–Trinajstić information content (AvgIpc) is 2.77.